The van der Waals surface area contributed by atoms with Crippen molar-refractivity contribution in [2.75, 3.05) is 5.73 Å². The van der Waals surface area contributed by atoms with Gasteiger partial charge in [0.2, 0.25) is 0 Å². The molecule has 100 valence electrons. The highest BCUT2D eigenvalue weighted by Gasteiger charge is 2.08. The van der Waals surface area contributed by atoms with E-state index in [9.17, 15) is 8.78 Å². The minimum atomic E-state index is -0.530. The van der Waals surface area contributed by atoms with Gasteiger partial charge in [-0.05, 0) is 39.7 Å². The lowest BCUT2D eigenvalue weighted by molar-refractivity contribution is 0.305. The van der Waals surface area contributed by atoms with E-state index in [-0.39, 0.29) is 21.9 Å². The van der Waals surface area contributed by atoms with Crippen molar-refractivity contribution in [1.29, 1.82) is 0 Å². The Hall–Kier alpha value is -1.33. The Balaban J connectivity index is 2.14. The molecule has 2 aromatic carbocycles. The van der Waals surface area contributed by atoms with Crippen LogP contribution in [-0.2, 0) is 6.61 Å². The first-order chi connectivity index (χ1) is 8.97. The van der Waals surface area contributed by atoms with Crippen molar-refractivity contribution in [3.8, 4) is 5.75 Å². The van der Waals surface area contributed by atoms with Crippen LogP contribution in [0.2, 0.25) is 5.02 Å². The molecule has 2 N–H and O–H groups in total. The summed E-state index contributed by atoms with van der Waals surface area (Å²) in [6.07, 6.45) is 0. The van der Waals surface area contributed by atoms with Gasteiger partial charge in [0, 0.05) is 6.07 Å². The van der Waals surface area contributed by atoms with Crippen LogP contribution in [0.4, 0.5) is 14.5 Å². The summed E-state index contributed by atoms with van der Waals surface area (Å²) in [5, 5.41) is 0.0398. The summed E-state index contributed by atoms with van der Waals surface area (Å²) in [6.45, 7) is 0.0688. The van der Waals surface area contributed by atoms with E-state index in [1.807, 2.05) is 0 Å². The Bertz CT molecular complexity index is 622. The van der Waals surface area contributed by atoms with E-state index in [4.69, 9.17) is 22.1 Å². The van der Waals surface area contributed by atoms with Crippen LogP contribution in [0, 0.1) is 11.6 Å². The Kier molecular flexibility index (Phi) is 4.27. The molecule has 0 radical (unpaired) electrons. The average molecular weight is 349 g/mol. The number of rotatable bonds is 3. The Morgan fingerprint density at radius 2 is 1.89 bits per heavy atom. The number of anilines is 1. The second kappa shape index (κ2) is 5.75. The first-order valence-electron chi connectivity index (χ1n) is 5.28. The number of hydrogen-bond acceptors (Lipinski definition) is 2. The third-order valence-corrected chi connectivity index (χ3v) is 3.35. The zero-order valence-electron chi connectivity index (χ0n) is 9.59. The molecule has 0 spiro atoms. The fourth-order valence-corrected chi connectivity index (χ4v) is 1.94. The van der Waals surface area contributed by atoms with Crippen LogP contribution in [0.25, 0.3) is 0 Å². The molecule has 0 aromatic heterocycles. The van der Waals surface area contributed by atoms with Crippen molar-refractivity contribution < 1.29 is 13.5 Å². The number of halogens is 4. The lowest BCUT2D eigenvalue weighted by Crippen LogP contribution is -2.00. The summed E-state index contributed by atoms with van der Waals surface area (Å²) in [6, 6.07) is 6.89. The van der Waals surface area contributed by atoms with Gasteiger partial charge in [-0.25, -0.2) is 8.78 Å². The highest BCUT2D eigenvalue weighted by molar-refractivity contribution is 9.10. The molecule has 0 saturated heterocycles. The molecule has 19 heavy (non-hydrogen) atoms. The third-order valence-electron chi connectivity index (χ3n) is 2.43. The largest absolute Gasteiger partial charge is 0.487 e. The van der Waals surface area contributed by atoms with Crippen molar-refractivity contribution in [2.45, 2.75) is 6.61 Å². The standard InChI is InChI=1S/C13H9BrClF2NO/c14-8-4-12(18)13(5-10(8)16)19-6-7-1-2-9(15)11(17)3-7/h1-5H,6,18H2. The second-order valence-corrected chi connectivity index (χ2v) is 5.10. The van der Waals surface area contributed by atoms with Crippen LogP contribution in [0.1, 0.15) is 5.56 Å². The minimum Gasteiger partial charge on any atom is -0.487 e. The van der Waals surface area contributed by atoms with Gasteiger partial charge >= 0.3 is 0 Å². The SMILES string of the molecule is Nc1cc(Br)c(F)cc1OCc1ccc(Cl)c(F)c1. The quantitative estimate of drug-likeness (QED) is 0.826. The maximum atomic E-state index is 13.3. The lowest BCUT2D eigenvalue weighted by atomic mass is 10.2. The summed E-state index contributed by atoms with van der Waals surface area (Å²) in [5.41, 5.74) is 6.56. The molecule has 0 atom stereocenters. The van der Waals surface area contributed by atoms with Crippen LogP contribution in [0.3, 0.4) is 0 Å². The van der Waals surface area contributed by atoms with Crippen LogP contribution >= 0.6 is 27.5 Å². The molecule has 2 rings (SSSR count). The molecule has 0 amide bonds. The zero-order valence-corrected chi connectivity index (χ0v) is 11.9. The minimum absolute atomic E-state index is 0.0398. The predicted molar refractivity (Wildman–Crippen MR) is 74.3 cm³/mol. The summed E-state index contributed by atoms with van der Waals surface area (Å²) in [7, 11) is 0. The van der Waals surface area contributed by atoms with Crippen molar-refractivity contribution in [3.05, 3.63) is 57.0 Å². The maximum Gasteiger partial charge on any atom is 0.145 e. The molecule has 0 fully saturated rings. The molecular weight excluding hydrogens is 340 g/mol. The van der Waals surface area contributed by atoms with Gasteiger partial charge in [0.1, 0.15) is 24.0 Å². The first-order valence-corrected chi connectivity index (χ1v) is 6.45. The topological polar surface area (TPSA) is 35.2 Å². The summed E-state index contributed by atoms with van der Waals surface area (Å²) < 4.78 is 32.2. The molecule has 0 aliphatic heterocycles. The van der Waals surface area contributed by atoms with Crippen LogP contribution in [0.5, 0.6) is 5.75 Å². The smallest absolute Gasteiger partial charge is 0.145 e. The van der Waals surface area contributed by atoms with E-state index in [1.165, 1.54) is 24.3 Å². The normalized spacial score (nSPS) is 10.5. The van der Waals surface area contributed by atoms with Gasteiger partial charge in [0.05, 0.1) is 15.2 Å². The number of hydrogen-bond donors (Lipinski definition) is 1. The second-order valence-electron chi connectivity index (χ2n) is 3.84. The monoisotopic (exact) mass is 347 g/mol. The average Bonchev–Trinajstić information content (AvgIpc) is 2.36. The van der Waals surface area contributed by atoms with Crippen LogP contribution in [0.15, 0.2) is 34.8 Å². The molecule has 0 bridgehead atoms. The molecule has 0 aliphatic carbocycles. The predicted octanol–water partition coefficient (Wildman–Crippen LogP) is 4.54. The summed E-state index contributed by atoms with van der Waals surface area (Å²) in [4.78, 5) is 0. The van der Waals surface area contributed by atoms with Gasteiger partial charge in [-0.2, -0.15) is 0 Å². The molecule has 0 aliphatic rings. The molecule has 2 aromatic rings. The summed E-state index contributed by atoms with van der Waals surface area (Å²) in [5.74, 6) is -0.805. The van der Waals surface area contributed by atoms with E-state index in [0.29, 0.717) is 11.3 Å². The number of benzene rings is 2. The van der Waals surface area contributed by atoms with Gasteiger partial charge in [-0.3, -0.25) is 0 Å². The summed E-state index contributed by atoms with van der Waals surface area (Å²) >= 11 is 8.59. The Labute approximate surface area is 122 Å². The number of nitrogens with two attached hydrogens (primary N) is 1. The number of ether oxygens (including phenoxy) is 1. The van der Waals surface area contributed by atoms with Crippen molar-refractivity contribution in [3.63, 3.8) is 0 Å². The molecule has 6 heteroatoms. The molecule has 0 saturated carbocycles. The number of nitrogen functional groups attached to an aromatic ring is 1. The third kappa shape index (κ3) is 3.36. The van der Waals surface area contributed by atoms with E-state index >= 15 is 0 Å². The van der Waals surface area contributed by atoms with E-state index in [2.05, 4.69) is 15.9 Å². The van der Waals surface area contributed by atoms with Crippen LogP contribution in [-0.4, -0.2) is 0 Å². The van der Waals surface area contributed by atoms with Crippen molar-refractivity contribution in [1.82, 2.24) is 0 Å². The molecular formula is C13H9BrClF2NO. The zero-order chi connectivity index (χ0) is 14.0. The van der Waals surface area contributed by atoms with Crippen molar-refractivity contribution in [2.24, 2.45) is 0 Å². The van der Waals surface area contributed by atoms with Crippen molar-refractivity contribution >= 4 is 33.2 Å². The van der Waals surface area contributed by atoms with Gasteiger partial charge in [0.25, 0.3) is 0 Å². The van der Waals surface area contributed by atoms with E-state index in [1.54, 1.807) is 6.07 Å². The Morgan fingerprint density at radius 3 is 2.58 bits per heavy atom. The van der Waals surface area contributed by atoms with Gasteiger partial charge in [-0.15, -0.1) is 0 Å². The fourth-order valence-electron chi connectivity index (χ4n) is 1.46. The highest BCUT2D eigenvalue weighted by atomic mass is 79.9. The maximum absolute atomic E-state index is 13.3. The Morgan fingerprint density at radius 1 is 1.16 bits per heavy atom. The van der Waals surface area contributed by atoms with Crippen LogP contribution < -0.4 is 10.5 Å². The molecule has 2 nitrogen and oxygen atoms in total. The van der Waals surface area contributed by atoms with E-state index in [0.717, 1.165) is 0 Å². The molecule has 0 unspecified atom stereocenters. The van der Waals surface area contributed by atoms with Gasteiger partial charge < -0.3 is 10.5 Å². The van der Waals surface area contributed by atoms with Gasteiger partial charge in [-0.1, -0.05) is 17.7 Å². The highest BCUT2D eigenvalue weighted by Crippen LogP contribution is 2.29. The van der Waals surface area contributed by atoms with Gasteiger partial charge in [0.15, 0.2) is 0 Å². The van der Waals surface area contributed by atoms with E-state index < -0.39 is 11.6 Å². The fraction of sp³-hybridized carbons (Fsp3) is 0.0769. The first kappa shape index (κ1) is 14.1. The lowest BCUT2D eigenvalue weighted by Gasteiger charge is -2.10. The molecule has 0 heterocycles.